The Balaban J connectivity index is 1.89. The number of hydrogen-bond acceptors (Lipinski definition) is 5. The zero-order valence-electron chi connectivity index (χ0n) is 9.96. The number of rotatable bonds is 5. The van der Waals surface area contributed by atoms with E-state index < -0.39 is 0 Å². The lowest BCUT2D eigenvalue weighted by Crippen LogP contribution is -1.99. The SMILES string of the molecule is CC(C)Cc1noc(COc2ccccn2)n1. The number of ether oxygens (including phenoxy) is 1. The summed E-state index contributed by atoms with van der Waals surface area (Å²) in [5.74, 6) is 2.26. The number of hydrogen-bond donors (Lipinski definition) is 0. The first kappa shape index (κ1) is 11.6. The quantitative estimate of drug-likeness (QED) is 0.792. The highest BCUT2D eigenvalue weighted by Gasteiger charge is 2.08. The van der Waals surface area contributed by atoms with E-state index in [-0.39, 0.29) is 6.61 Å². The average molecular weight is 233 g/mol. The molecular formula is C12H15N3O2. The van der Waals surface area contributed by atoms with Crippen LogP contribution in [0.3, 0.4) is 0 Å². The molecule has 0 saturated carbocycles. The predicted molar refractivity (Wildman–Crippen MR) is 61.4 cm³/mol. The minimum Gasteiger partial charge on any atom is -0.468 e. The van der Waals surface area contributed by atoms with E-state index in [0.29, 0.717) is 17.7 Å². The first-order valence-corrected chi connectivity index (χ1v) is 5.59. The Hall–Kier alpha value is -1.91. The molecule has 0 spiro atoms. The molecule has 0 aliphatic carbocycles. The highest BCUT2D eigenvalue weighted by atomic mass is 16.5. The van der Waals surface area contributed by atoms with Gasteiger partial charge < -0.3 is 9.26 Å². The molecule has 2 rings (SSSR count). The van der Waals surface area contributed by atoms with E-state index in [4.69, 9.17) is 9.26 Å². The summed E-state index contributed by atoms with van der Waals surface area (Å²) in [5.41, 5.74) is 0. The summed E-state index contributed by atoms with van der Waals surface area (Å²) in [6, 6.07) is 5.48. The number of nitrogens with zero attached hydrogens (tertiary/aromatic N) is 3. The van der Waals surface area contributed by atoms with Crippen molar-refractivity contribution in [3.05, 3.63) is 36.1 Å². The number of pyridine rings is 1. The maximum Gasteiger partial charge on any atom is 0.264 e. The maximum absolute atomic E-state index is 5.40. The molecular weight excluding hydrogens is 218 g/mol. The molecule has 2 aromatic rings. The molecule has 0 unspecified atom stereocenters. The van der Waals surface area contributed by atoms with Gasteiger partial charge in [-0.1, -0.05) is 25.1 Å². The van der Waals surface area contributed by atoms with Gasteiger partial charge in [-0.05, 0) is 12.0 Å². The third-order valence-electron chi connectivity index (χ3n) is 2.08. The first-order chi connectivity index (χ1) is 8.24. The van der Waals surface area contributed by atoms with Crippen molar-refractivity contribution < 1.29 is 9.26 Å². The summed E-state index contributed by atoms with van der Waals surface area (Å²) < 4.78 is 10.5. The fourth-order valence-electron chi connectivity index (χ4n) is 1.36. The molecule has 90 valence electrons. The second-order valence-electron chi connectivity index (χ2n) is 4.16. The summed E-state index contributed by atoms with van der Waals surface area (Å²) >= 11 is 0. The average Bonchev–Trinajstić information content (AvgIpc) is 2.75. The Morgan fingerprint density at radius 2 is 2.24 bits per heavy atom. The molecule has 0 aliphatic heterocycles. The van der Waals surface area contributed by atoms with E-state index in [1.165, 1.54) is 0 Å². The van der Waals surface area contributed by atoms with Crippen LogP contribution in [-0.4, -0.2) is 15.1 Å². The summed E-state index contributed by atoms with van der Waals surface area (Å²) in [5, 5.41) is 3.88. The Morgan fingerprint density at radius 3 is 2.94 bits per heavy atom. The van der Waals surface area contributed by atoms with Crippen LogP contribution in [0, 0.1) is 5.92 Å². The van der Waals surface area contributed by atoms with Crippen LogP contribution < -0.4 is 4.74 Å². The first-order valence-electron chi connectivity index (χ1n) is 5.59. The molecule has 0 saturated heterocycles. The molecule has 0 radical (unpaired) electrons. The summed E-state index contributed by atoms with van der Waals surface area (Å²) in [6.45, 7) is 4.48. The van der Waals surface area contributed by atoms with Gasteiger partial charge in [-0.25, -0.2) is 4.98 Å². The molecule has 0 amide bonds. The van der Waals surface area contributed by atoms with Gasteiger partial charge in [0.05, 0.1) is 0 Å². The van der Waals surface area contributed by atoms with Crippen LogP contribution in [0.2, 0.25) is 0 Å². The molecule has 0 aromatic carbocycles. The topological polar surface area (TPSA) is 61.0 Å². The van der Waals surface area contributed by atoms with Crippen LogP contribution in [0.4, 0.5) is 0 Å². The summed E-state index contributed by atoms with van der Waals surface area (Å²) in [6.07, 6.45) is 2.49. The molecule has 2 heterocycles. The van der Waals surface area contributed by atoms with Crippen molar-refractivity contribution in [3.63, 3.8) is 0 Å². The van der Waals surface area contributed by atoms with E-state index >= 15 is 0 Å². The number of aromatic nitrogens is 3. The van der Waals surface area contributed by atoms with Gasteiger partial charge in [-0.3, -0.25) is 0 Å². The molecule has 17 heavy (non-hydrogen) atoms. The van der Waals surface area contributed by atoms with Gasteiger partial charge in [0.25, 0.3) is 5.89 Å². The highest BCUT2D eigenvalue weighted by Crippen LogP contribution is 2.08. The second-order valence-corrected chi connectivity index (χ2v) is 4.16. The lowest BCUT2D eigenvalue weighted by atomic mass is 10.1. The van der Waals surface area contributed by atoms with Crippen LogP contribution >= 0.6 is 0 Å². The minimum atomic E-state index is 0.252. The molecule has 5 nitrogen and oxygen atoms in total. The minimum absolute atomic E-state index is 0.252. The lowest BCUT2D eigenvalue weighted by molar-refractivity contribution is 0.235. The highest BCUT2D eigenvalue weighted by molar-refractivity contribution is 5.09. The maximum atomic E-state index is 5.40. The van der Waals surface area contributed by atoms with Crippen molar-refractivity contribution in [2.24, 2.45) is 5.92 Å². The van der Waals surface area contributed by atoms with Crippen LogP contribution in [0.25, 0.3) is 0 Å². The Morgan fingerprint density at radius 1 is 1.35 bits per heavy atom. The van der Waals surface area contributed by atoms with Gasteiger partial charge in [-0.2, -0.15) is 4.98 Å². The van der Waals surface area contributed by atoms with Crippen molar-refractivity contribution >= 4 is 0 Å². The molecule has 0 bridgehead atoms. The van der Waals surface area contributed by atoms with Crippen molar-refractivity contribution in [2.45, 2.75) is 26.9 Å². The molecule has 0 fully saturated rings. The Labute approximate surface area is 99.8 Å². The molecule has 0 N–H and O–H groups in total. The van der Waals surface area contributed by atoms with Crippen molar-refractivity contribution in [3.8, 4) is 5.88 Å². The summed E-state index contributed by atoms with van der Waals surface area (Å²) in [7, 11) is 0. The second kappa shape index (κ2) is 5.43. The molecule has 0 atom stereocenters. The fraction of sp³-hybridized carbons (Fsp3) is 0.417. The van der Waals surface area contributed by atoms with Crippen molar-refractivity contribution in [2.75, 3.05) is 0 Å². The third kappa shape index (κ3) is 3.55. The van der Waals surface area contributed by atoms with Gasteiger partial charge in [0.1, 0.15) is 0 Å². The van der Waals surface area contributed by atoms with Crippen LogP contribution in [0.5, 0.6) is 5.88 Å². The molecule has 5 heteroatoms. The predicted octanol–water partition coefficient (Wildman–Crippen LogP) is 2.24. The third-order valence-corrected chi connectivity index (χ3v) is 2.08. The van der Waals surface area contributed by atoms with Crippen LogP contribution in [-0.2, 0) is 13.0 Å². The van der Waals surface area contributed by atoms with E-state index in [9.17, 15) is 0 Å². The molecule has 0 aliphatic rings. The normalized spacial score (nSPS) is 10.8. The van der Waals surface area contributed by atoms with Gasteiger partial charge in [-0.15, -0.1) is 0 Å². The van der Waals surface area contributed by atoms with E-state index in [1.54, 1.807) is 12.3 Å². The van der Waals surface area contributed by atoms with Gasteiger partial charge in [0.15, 0.2) is 12.4 Å². The van der Waals surface area contributed by atoms with E-state index in [0.717, 1.165) is 12.2 Å². The van der Waals surface area contributed by atoms with Crippen LogP contribution in [0.15, 0.2) is 28.9 Å². The van der Waals surface area contributed by atoms with Crippen molar-refractivity contribution in [1.82, 2.24) is 15.1 Å². The zero-order chi connectivity index (χ0) is 12.1. The summed E-state index contributed by atoms with van der Waals surface area (Å²) in [4.78, 5) is 8.27. The Bertz CT molecular complexity index is 454. The van der Waals surface area contributed by atoms with Crippen molar-refractivity contribution in [1.29, 1.82) is 0 Å². The van der Waals surface area contributed by atoms with Gasteiger partial charge >= 0.3 is 0 Å². The van der Waals surface area contributed by atoms with E-state index in [1.807, 2.05) is 12.1 Å². The fourth-order valence-corrected chi connectivity index (χ4v) is 1.36. The zero-order valence-corrected chi connectivity index (χ0v) is 9.96. The lowest BCUT2D eigenvalue weighted by Gasteiger charge is -1.99. The van der Waals surface area contributed by atoms with Crippen LogP contribution in [0.1, 0.15) is 25.6 Å². The van der Waals surface area contributed by atoms with E-state index in [2.05, 4.69) is 29.0 Å². The Kier molecular flexibility index (Phi) is 3.69. The smallest absolute Gasteiger partial charge is 0.264 e. The van der Waals surface area contributed by atoms with Gasteiger partial charge in [0.2, 0.25) is 5.88 Å². The monoisotopic (exact) mass is 233 g/mol. The molecule has 2 aromatic heterocycles. The largest absolute Gasteiger partial charge is 0.468 e. The standard InChI is InChI=1S/C12H15N3O2/c1-9(2)7-10-14-12(17-15-10)8-16-11-5-3-4-6-13-11/h3-6,9H,7-8H2,1-2H3. The van der Waals surface area contributed by atoms with Gasteiger partial charge in [0, 0.05) is 18.7 Å².